The van der Waals surface area contributed by atoms with Crippen LogP contribution in [-0.2, 0) is 4.74 Å². The Labute approximate surface area is 147 Å². The summed E-state index contributed by atoms with van der Waals surface area (Å²) in [6.07, 6.45) is 1.51. The largest absolute Gasteiger partial charge is 0.377 e. The number of aliphatic imine (C=N–C) groups is 1. The zero-order chi connectivity index (χ0) is 17.2. The fourth-order valence-electron chi connectivity index (χ4n) is 3.83. The molecule has 0 bridgehead atoms. The van der Waals surface area contributed by atoms with E-state index in [2.05, 4.69) is 29.5 Å². The number of ether oxygens (including phenoxy) is 1. The highest BCUT2D eigenvalue weighted by atomic mass is 32.2. The summed E-state index contributed by atoms with van der Waals surface area (Å²) >= 11 is 1.70. The summed E-state index contributed by atoms with van der Waals surface area (Å²) < 4.78 is 18.7. The number of hydrogen-bond acceptors (Lipinski definition) is 3. The Morgan fingerprint density at radius 2 is 2.12 bits per heavy atom. The number of nitrogens with one attached hydrogen (secondary N) is 2. The highest BCUT2D eigenvalue weighted by molar-refractivity contribution is 7.99. The second-order valence-corrected chi connectivity index (χ2v) is 8.16. The lowest BCUT2D eigenvalue weighted by Crippen LogP contribution is -2.68. The van der Waals surface area contributed by atoms with Gasteiger partial charge in [-0.1, -0.05) is 13.8 Å². The first-order valence-corrected chi connectivity index (χ1v) is 9.48. The van der Waals surface area contributed by atoms with Gasteiger partial charge in [0.25, 0.3) is 0 Å². The van der Waals surface area contributed by atoms with Crippen LogP contribution in [0, 0.1) is 17.2 Å². The Morgan fingerprint density at radius 3 is 2.83 bits per heavy atom. The number of halogens is 1. The molecule has 1 aromatic rings. The van der Waals surface area contributed by atoms with Crippen molar-refractivity contribution in [2.24, 2.45) is 16.3 Å². The molecule has 3 unspecified atom stereocenters. The lowest BCUT2D eigenvalue weighted by molar-refractivity contribution is -0.106. The third kappa shape index (κ3) is 3.54. The second kappa shape index (κ2) is 7.31. The van der Waals surface area contributed by atoms with Gasteiger partial charge in [-0.3, -0.25) is 4.99 Å². The van der Waals surface area contributed by atoms with E-state index in [9.17, 15) is 4.39 Å². The number of fused-ring (bicyclic) bond motifs is 1. The van der Waals surface area contributed by atoms with Crippen LogP contribution in [0.1, 0.15) is 20.3 Å². The van der Waals surface area contributed by atoms with Crippen LogP contribution in [0.5, 0.6) is 0 Å². The molecule has 1 aromatic carbocycles. The second-order valence-electron chi connectivity index (χ2n) is 6.99. The Morgan fingerprint density at radius 1 is 1.38 bits per heavy atom. The minimum absolute atomic E-state index is 0.141. The molecule has 3 atom stereocenters. The van der Waals surface area contributed by atoms with Gasteiger partial charge in [0.15, 0.2) is 5.96 Å². The molecule has 2 N–H and O–H groups in total. The number of nitrogens with zero attached hydrogens (tertiary/aromatic N) is 1. The molecule has 24 heavy (non-hydrogen) atoms. The summed E-state index contributed by atoms with van der Waals surface area (Å²) in [5, 5.41) is 6.94. The zero-order valence-corrected chi connectivity index (χ0v) is 15.3. The van der Waals surface area contributed by atoms with Crippen molar-refractivity contribution in [3.8, 4) is 0 Å². The van der Waals surface area contributed by atoms with E-state index < -0.39 is 0 Å². The molecule has 0 spiro atoms. The molecular formula is C18H26FN3OS. The highest BCUT2D eigenvalue weighted by Crippen LogP contribution is 2.52. The van der Waals surface area contributed by atoms with Gasteiger partial charge in [0.05, 0.1) is 6.10 Å². The Balaban J connectivity index is 1.43. The third-order valence-electron chi connectivity index (χ3n) is 5.09. The van der Waals surface area contributed by atoms with Crippen molar-refractivity contribution in [1.82, 2.24) is 10.6 Å². The number of hydrogen-bond donors (Lipinski definition) is 2. The van der Waals surface area contributed by atoms with Crippen LogP contribution in [-0.4, -0.2) is 44.1 Å². The van der Waals surface area contributed by atoms with Gasteiger partial charge in [0.2, 0.25) is 0 Å². The first kappa shape index (κ1) is 17.5. The summed E-state index contributed by atoms with van der Waals surface area (Å²) in [7, 11) is 1.80. The van der Waals surface area contributed by atoms with Crippen molar-refractivity contribution in [3.63, 3.8) is 0 Å². The lowest BCUT2D eigenvalue weighted by atomic mass is 9.57. The Hall–Kier alpha value is -1.27. The molecule has 1 aliphatic heterocycles. The standard InChI is InChI=1S/C18H26FN3OS/c1-18(2)15(14-8-10-23-16(14)18)22-17(20-3)21-9-11-24-13-6-4-12(19)5-7-13/h4-7,14-16H,8-11H2,1-3H3,(H2,20,21,22). The van der Waals surface area contributed by atoms with Gasteiger partial charge in [-0.05, 0) is 30.7 Å². The normalized spacial score (nSPS) is 28.2. The van der Waals surface area contributed by atoms with Gasteiger partial charge < -0.3 is 15.4 Å². The van der Waals surface area contributed by atoms with Crippen LogP contribution in [0.2, 0.25) is 0 Å². The number of benzene rings is 1. The van der Waals surface area contributed by atoms with E-state index in [4.69, 9.17) is 4.74 Å². The Kier molecular flexibility index (Phi) is 5.35. The van der Waals surface area contributed by atoms with Crippen molar-refractivity contribution in [1.29, 1.82) is 0 Å². The van der Waals surface area contributed by atoms with Crippen molar-refractivity contribution in [2.45, 2.75) is 37.3 Å². The minimum Gasteiger partial charge on any atom is -0.377 e. The van der Waals surface area contributed by atoms with Gasteiger partial charge in [-0.2, -0.15) is 0 Å². The quantitative estimate of drug-likeness (QED) is 0.371. The van der Waals surface area contributed by atoms with E-state index in [0.29, 0.717) is 18.1 Å². The Bertz CT molecular complexity index is 590. The lowest BCUT2D eigenvalue weighted by Gasteiger charge is -2.54. The maximum Gasteiger partial charge on any atom is 0.191 e. The van der Waals surface area contributed by atoms with E-state index in [0.717, 1.165) is 36.2 Å². The van der Waals surface area contributed by atoms with E-state index >= 15 is 0 Å². The molecular weight excluding hydrogens is 325 g/mol. The predicted molar refractivity (Wildman–Crippen MR) is 97.0 cm³/mol. The van der Waals surface area contributed by atoms with Crippen LogP contribution in [0.4, 0.5) is 4.39 Å². The van der Waals surface area contributed by atoms with Gasteiger partial charge >= 0.3 is 0 Å². The SMILES string of the molecule is CN=C(NCCSc1ccc(F)cc1)NC1C2CCOC2C1(C)C. The van der Waals surface area contributed by atoms with Crippen molar-refractivity contribution in [2.75, 3.05) is 26.0 Å². The van der Waals surface area contributed by atoms with E-state index in [1.165, 1.54) is 12.1 Å². The van der Waals surface area contributed by atoms with Crippen molar-refractivity contribution >= 4 is 17.7 Å². The van der Waals surface area contributed by atoms with Crippen molar-refractivity contribution in [3.05, 3.63) is 30.1 Å². The fourth-order valence-corrected chi connectivity index (χ4v) is 4.60. The van der Waals surface area contributed by atoms with Crippen LogP contribution in [0.3, 0.4) is 0 Å². The van der Waals surface area contributed by atoms with Gasteiger partial charge in [-0.15, -0.1) is 11.8 Å². The average molecular weight is 351 g/mol. The van der Waals surface area contributed by atoms with Crippen LogP contribution in [0.15, 0.2) is 34.2 Å². The summed E-state index contributed by atoms with van der Waals surface area (Å²) in [6, 6.07) is 7.01. The number of thioether (sulfide) groups is 1. The van der Waals surface area contributed by atoms with E-state index in [1.807, 2.05) is 12.1 Å². The van der Waals surface area contributed by atoms with E-state index in [1.54, 1.807) is 18.8 Å². The molecule has 0 amide bonds. The molecule has 0 radical (unpaired) electrons. The van der Waals surface area contributed by atoms with Crippen LogP contribution in [0.25, 0.3) is 0 Å². The molecule has 1 aliphatic carbocycles. The maximum absolute atomic E-state index is 12.9. The number of guanidine groups is 1. The third-order valence-corrected chi connectivity index (χ3v) is 6.11. The summed E-state index contributed by atoms with van der Waals surface area (Å²) in [5.74, 6) is 2.14. The van der Waals surface area contributed by atoms with Gasteiger partial charge in [0, 0.05) is 48.2 Å². The molecule has 132 valence electrons. The van der Waals surface area contributed by atoms with Crippen LogP contribution < -0.4 is 10.6 Å². The summed E-state index contributed by atoms with van der Waals surface area (Å²) in [4.78, 5) is 5.42. The van der Waals surface area contributed by atoms with Gasteiger partial charge in [0.1, 0.15) is 5.82 Å². The van der Waals surface area contributed by atoms with Gasteiger partial charge in [-0.25, -0.2) is 4.39 Å². The van der Waals surface area contributed by atoms with Crippen molar-refractivity contribution < 1.29 is 9.13 Å². The molecule has 3 rings (SSSR count). The smallest absolute Gasteiger partial charge is 0.191 e. The topological polar surface area (TPSA) is 45.7 Å². The zero-order valence-electron chi connectivity index (χ0n) is 14.5. The average Bonchev–Trinajstić information content (AvgIpc) is 3.03. The molecule has 1 saturated heterocycles. The first-order chi connectivity index (χ1) is 11.5. The minimum atomic E-state index is -0.195. The van der Waals surface area contributed by atoms with Crippen LogP contribution >= 0.6 is 11.8 Å². The molecule has 4 nitrogen and oxygen atoms in total. The predicted octanol–water partition coefficient (Wildman–Crippen LogP) is 2.90. The molecule has 6 heteroatoms. The molecule has 2 aliphatic rings. The molecule has 1 heterocycles. The molecule has 2 fully saturated rings. The first-order valence-electron chi connectivity index (χ1n) is 8.49. The summed E-state index contributed by atoms with van der Waals surface area (Å²) in [6.45, 7) is 6.19. The number of rotatable bonds is 5. The fraction of sp³-hybridized carbons (Fsp3) is 0.611. The molecule has 0 aromatic heterocycles. The molecule has 1 saturated carbocycles. The van der Waals surface area contributed by atoms with E-state index in [-0.39, 0.29) is 11.2 Å². The summed E-state index contributed by atoms with van der Waals surface area (Å²) in [5.41, 5.74) is 0.141. The maximum atomic E-state index is 12.9. The monoisotopic (exact) mass is 351 g/mol. The highest BCUT2D eigenvalue weighted by Gasteiger charge is 2.59.